The largest absolute Gasteiger partial charge is 0.455 e. The number of likely N-dealkylation sites (tertiary alicyclic amines) is 1. The zero-order chi connectivity index (χ0) is 38.4. The third kappa shape index (κ3) is 7.70. The number of hydrogen-bond donors (Lipinski definition) is 2. The number of fused-ring (bicyclic) bond motifs is 1. The zero-order valence-electron chi connectivity index (χ0n) is 31.7. The van der Waals surface area contributed by atoms with Gasteiger partial charge in [-0.3, -0.25) is 19.2 Å². The standard InChI is InChI=1S/C42H55N3O8/c1-8-11-17-34(47)43-30(25-51-7)37(29-15-13-12-14-16-29)52-41(50)35-33-20-21-42(53-33)36(35)39(48)45(32(24-46)27(5)10-3)38(42)40(49)44(22-9-2)31-23-26(4)18-19-28(31)6/h8-9,12-16,18-19,23,27,30,32-33,35-38,46H,1-2,10-11,17,20-22,24-25H2,3-7H3,(H,43,47)/t27-,30+,32-,33+,35-,36-,37+,38+,42-/m0/s1. The topological polar surface area (TPSA) is 135 Å². The van der Waals surface area contributed by atoms with Crippen molar-refractivity contribution < 1.29 is 38.5 Å². The number of nitrogens with one attached hydrogen (secondary N) is 1. The van der Waals surface area contributed by atoms with Crippen molar-refractivity contribution in [1.82, 2.24) is 10.2 Å². The molecule has 0 aromatic heterocycles. The first-order valence-corrected chi connectivity index (χ1v) is 18.7. The summed E-state index contributed by atoms with van der Waals surface area (Å²) in [6, 6.07) is 12.4. The minimum absolute atomic E-state index is 0.0541. The molecule has 0 saturated carbocycles. The summed E-state index contributed by atoms with van der Waals surface area (Å²) in [6.45, 7) is 15.3. The summed E-state index contributed by atoms with van der Waals surface area (Å²) in [5.74, 6) is -3.87. The number of aliphatic hydroxyl groups is 1. The molecule has 5 rings (SSSR count). The quantitative estimate of drug-likeness (QED) is 0.162. The molecule has 3 aliphatic heterocycles. The highest BCUT2D eigenvalue weighted by Crippen LogP contribution is 2.60. The van der Waals surface area contributed by atoms with Crippen LogP contribution in [0, 0.1) is 31.6 Å². The molecule has 3 saturated heterocycles. The van der Waals surface area contributed by atoms with Gasteiger partial charge in [0.2, 0.25) is 11.8 Å². The Balaban J connectivity index is 1.56. The number of anilines is 1. The molecule has 3 amide bonds. The van der Waals surface area contributed by atoms with E-state index in [2.05, 4.69) is 18.5 Å². The highest BCUT2D eigenvalue weighted by atomic mass is 16.6. The molecule has 53 heavy (non-hydrogen) atoms. The van der Waals surface area contributed by atoms with E-state index >= 15 is 4.79 Å². The van der Waals surface area contributed by atoms with Crippen molar-refractivity contribution in [1.29, 1.82) is 0 Å². The summed E-state index contributed by atoms with van der Waals surface area (Å²) in [7, 11) is 1.51. The minimum Gasteiger partial charge on any atom is -0.455 e. The number of aryl methyl sites for hydroxylation is 2. The Kier molecular flexibility index (Phi) is 13.0. The van der Waals surface area contributed by atoms with E-state index in [9.17, 15) is 19.5 Å². The maximum atomic E-state index is 15.1. The van der Waals surface area contributed by atoms with Crippen molar-refractivity contribution in [3.63, 3.8) is 0 Å². The molecule has 0 unspecified atom stereocenters. The van der Waals surface area contributed by atoms with Gasteiger partial charge in [-0.25, -0.2) is 0 Å². The van der Waals surface area contributed by atoms with Gasteiger partial charge in [0.25, 0.3) is 5.91 Å². The van der Waals surface area contributed by atoms with Crippen LogP contribution in [0.3, 0.4) is 0 Å². The fourth-order valence-electron chi connectivity index (χ4n) is 8.53. The van der Waals surface area contributed by atoms with Gasteiger partial charge in [-0.15, -0.1) is 13.2 Å². The van der Waals surface area contributed by atoms with Gasteiger partial charge >= 0.3 is 5.97 Å². The second-order valence-corrected chi connectivity index (χ2v) is 14.7. The smallest absolute Gasteiger partial charge is 0.313 e. The fourth-order valence-corrected chi connectivity index (χ4v) is 8.53. The average Bonchev–Trinajstić information content (AvgIpc) is 3.80. The number of hydrogen-bond acceptors (Lipinski definition) is 8. The van der Waals surface area contributed by atoms with Gasteiger partial charge in [-0.1, -0.05) is 74.9 Å². The van der Waals surface area contributed by atoms with E-state index in [0.29, 0.717) is 36.9 Å². The molecule has 11 heteroatoms. The molecule has 0 aliphatic carbocycles. The van der Waals surface area contributed by atoms with Crippen LogP contribution in [0.25, 0.3) is 0 Å². The molecule has 11 nitrogen and oxygen atoms in total. The lowest BCUT2D eigenvalue weighted by atomic mass is 9.70. The van der Waals surface area contributed by atoms with E-state index in [0.717, 1.165) is 11.1 Å². The number of amides is 3. The van der Waals surface area contributed by atoms with Gasteiger partial charge in [0.05, 0.1) is 43.2 Å². The third-order valence-corrected chi connectivity index (χ3v) is 11.3. The van der Waals surface area contributed by atoms with Crippen molar-refractivity contribution in [3.8, 4) is 0 Å². The number of ether oxygens (including phenoxy) is 3. The molecule has 0 radical (unpaired) electrons. The first-order valence-electron chi connectivity index (χ1n) is 18.7. The van der Waals surface area contributed by atoms with Gasteiger partial charge < -0.3 is 34.4 Å². The number of carbonyl (C=O) groups is 4. The van der Waals surface area contributed by atoms with E-state index in [1.165, 1.54) is 12.0 Å². The Bertz CT molecular complexity index is 1660. The van der Waals surface area contributed by atoms with Crippen LogP contribution in [0.1, 0.15) is 68.7 Å². The molecule has 286 valence electrons. The second-order valence-electron chi connectivity index (χ2n) is 14.7. The van der Waals surface area contributed by atoms with Gasteiger partial charge in [-0.05, 0) is 61.8 Å². The first-order chi connectivity index (χ1) is 25.5. The van der Waals surface area contributed by atoms with Crippen LogP contribution in [0.15, 0.2) is 73.8 Å². The Morgan fingerprint density at radius 3 is 2.53 bits per heavy atom. The van der Waals surface area contributed by atoms with E-state index in [-0.39, 0.29) is 43.9 Å². The number of nitrogens with zero attached hydrogens (tertiary/aromatic N) is 2. The zero-order valence-corrected chi connectivity index (χ0v) is 31.7. The maximum Gasteiger partial charge on any atom is 0.313 e. The van der Waals surface area contributed by atoms with E-state index in [4.69, 9.17) is 14.2 Å². The molecule has 2 aromatic rings. The summed E-state index contributed by atoms with van der Waals surface area (Å²) in [6.07, 6.45) is 3.84. The van der Waals surface area contributed by atoms with Crippen molar-refractivity contribution in [2.24, 2.45) is 17.8 Å². The summed E-state index contributed by atoms with van der Waals surface area (Å²) < 4.78 is 18.6. The highest BCUT2D eigenvalue weighted by molar-refractivity contribution is 6.05. The lowest BCUT2D eigenvalue weighted by Gasteiger charge is -2.41. The first kappa shape index (κ1) is 39.9. The predicted molar refractivity (Wildman–Crippen MR) is 202 cm³/mol. The number of benzene rings is 2. The van der Waals surface area contributed by atoms with Crippen LogP contribution >= 0.6 is 0 Å². The molecular weight excluding hydrogens is 674 g/mol. The van der Waals surface area contributed by atoms with Gasteiger partial charge in [0.1, 0.15) is 17.7 Å². The Hall–Kier alpha value is -4.32. The van der Waals surface area contributed by atoms with Gasteiger partial charge in [0, 0.05) is 25.8 Å². The summed E-state index contributed by atoms with van der Waals surface area (Å²) in [5, 5.41) is 13.8. The van der Waals surface area contributed by atoms with Gasteiger partial charge in [0.15, 0.2) is 0 Å². The van der Waals surface area contributed by atoms with Crippen LogP contribution in [0.2, 0.25) is 0 Å². The molecule has 1 spiro atoms. The predicted octanol–water partition coefficient (Wildman–Crippen LogP) is 4.99. The lowest BCUT2D eigenvalue weighted by molar-refractivity contribution is -0.163. The highest BCUT2D eigenvalue weighted by Gasteiger charge is 2.76. The second kappa shape index (κ2) is 17.2. The molecule has 3 aliphatic rings. The van der Waals surface area contributed by atoms with E-state index < -0.39 is 59.6 Å². The van der Waals surface area contributed by atoms with Crippen molar-refractivity contribution >= 4 is 29.4 Å². The summed E-state index contributed by atoms with van der Waals surface area (Å²) >= 11 is 0. The van der Waals surface area contributed by atoms with Crippen LogP contribution < -0.4 is 10.2 Å². The Labute approximate surface area is 313 Å². The van der Waals surface area contributed by atoms with Gasteiger partial charge in [-0.2, -0.15) is 0 Å². The SMILES string of the molecule is C=CCCC(=O)N[C@H](COC)[C@H](OC(=O)[C@@H]1[C@H]2C(=O)N([C@@H](CO)[C@@H](C)CC)[C@H](C(=O)N(CC=C)c3cc(C)ccc3C)[C@]23CC[C@H]1O3)c1ccccc1. The molecular formula is C42H55N3O8. The van der Waals surface area contributed by atoms with Crippen molar-refractivity contribution in [2.75, 3.05) is 31.8 Å². The molecule has 3 fully saturated rings. The number of methoxy groups -OCH3 is 1. The lowest BCUT2D eigenvalue weighted by Crippen LogP contribution is -2.60. The number of esters is 1. The van der Waals surface area contributed by atoms with Crippen LogP contribution in [0.4, 0.5) is 5.69 Å². The van der Waals surface area contributed by atoms with E-state index in [1.54, 1.807) is 17.1 Å². The number of aliphatic hydroxyl groups excluding tert-OH is 1. The number of carbonyl (C=O) groups excluding carboxylic acids is 4. The minimum atomic E-state index is -1.33. The molecule has 2 N–H and O–H groups in total. The molecule has 2 bridgehead atoms. The normalized spacial score (nSPS) is 25.2. The Morgan fingerprint density at radius 2 is 1.89 bits per heavy atom. The van der Waals surface area contributed by atoms with Crippen LogP contribution in [0.5, 0.6) is 0 Å². The van der Waals surface area contributed by atoms with Crippen LogP contribution in [-0.4, -0.2) is 90.4 Å². The number of allylic oxidation sites excluding steroid dienone is 1. The van der Waals surface area contributed by atoms with Crippen LogP contribution in [-0.2, 0) is 33.4 Å². The summed E-state index contributed by atoms with van der Waals surface area (Å²) in [5.41, 5.74) is 1.86. The molecule has 9 atom stereocenters. The van der Waals surface area contributed by atoms with E-state index in [1.807, 2.05) is 76.2 Å². The third-order valence-electron chi connectivity index (χ3n) is 11.3. The monoisotopic (exact) mass is 729 g/mol. The molecule has 2 aromatic carbocycles. The molecule has 3 heterocycles. The Morgan fingerprint density at radius 1 is 1.15 bits per heavy atom. The summed E-state index contributed by atoms with van der Waals surface area (Å²) in [4.78, 5) is 60.8. The maximum absolute atomic E-state index is 15.1. The fraction of sp³-hybridized carbons (Fsp3) is 0.524. The van der Waals surface area contributed by atoms with Crippen molar-refractivity contribution in [2.45, 2.75) is 95.7 Å². The average molecular weight is 730 g/mol. The number of rotatable bonds is 18. The van der Waals surface area contributed by atoms with Crippen molar-refractivity contribution in [3.05, 3.63) is 90.5 Å².